The Hall–Kier alpha value is -0.200. The normalized spacial score (nSPS) is 21.9. The van der Waals surface area contributed by atoms with Crippen molar-refractivity contribution in [2.45, 2.75) is 12.1 Å². The van der Waals surface area contributed by atoms with Crippen molar-refractivity contribution in [3.05, 3.63) is 0 Å². The first-order chi connectivity index (χ1) is 6.26. The summed E-state index contributed by atoms with van der Waals surface area (Å²) in [6.45, 7) is 1.56. The Morgan fingerprint density at radius 3 is 2.15 bits per heavy atom. The van der Waals surface area contributed by atoms with E-state index in [0.29, 0.717) is 6.61 Å². The van der Waals surface area contributed by atoms with Gasteiger partial charge in [0, 0.05) is 21.3 Å². The van der Waals surface area contributed by atoms with Crippen LogP contribution in [-0.4, -0.2) is 53.2 Å². The molecule has 0 radical (unpaired) electrons. The molecule has 78 valence electrons. The summed E-state index contributed by atoms with van der Waals surface area (Å²) in [5, 5.41) is 0. The highest BCUT2D eigenvalue weighted by Crippen LogP contribution is 2.14. The van der Waals surface area contributed by atoms with E-state index in [1.54, 1.807) is 0 Å². The maximum atomic E-state index is 5.30. The monoisotopic (exact) mass is 192 g/mol. The van der Waals surface area contributed by atoms with E-state index in [1.807, 2.05) is 0 Å². The lowest BCUT2D eigenvalue weighted by atomic mass is 10.5. The molecule has 0 N–H and O–H groups in total. The van der Waals surface area contributed by atoms with Crippen LogP contribution in [0.5, 0.6) is 0 Å². The van der Waals surface area contributed by atoms with E-state index < -0.39 is 5.97 Å². The van der Waals surface area contributed by atoms with Gasteiger partial charge in [-0.15, -0.1) is 0 Å². The van der Waals surface area contributed by atoms with Crippen molar-refractivity contribution in [3.8, 4) is 0 Å². The third-order valence-electron chi connectivity index (χ3n) is 1.92. The maximum absolute atomic E-state index is 5.30. The Labute approximate surface area is 77.9 Å². The van der Waals surface area contributed by atoms with Gasteiger partial charge in [-0.3, -0.25) is 0 Å². The highest BCUT2D eigenvalue weighted by Gasteiger charge is 2.31. The molecule has 1 atom stereocenters. The lowest BCUT2D eigenvalue weighted by Gasteiger charge is -2.27. The zero-order valence-electron chi connectivity index (χ0n) is 8.24. The molecule has 1 rings (SSSR count). The van der Waals surface area contributed by atoms with Crippen molar-refractivity contribution in [1.29, 1.82) is 0 Å². The van der Waals surface area contributed by atoms with Crippen LogP contribution in [0.25, 0.3) is 0 Å². The van der Waals surface area contributed by atoms with Crippen molar-refractivity contribution in [2.24, 2.45) is 0 Å². The molecule has 5 nitrogen and oxygen atoms in total. The molecule has 0 aliphatic carbocycles. The van der Waals surface area contributed by atoms with Gasteiger partial charge in [0.2, 0.25) is 0 Å². The van der Waals surface area contributed by atoms with Crippen LogP contribution in [0.1, 0.15) is 0 Å². The van der Waals surface area contributed by atoms with Crippen LogP contribution in [0.4, 0.5) is 0 Å². The highest BCUT2D eigenvalue weighted by atomic mass is 16.9. The maximum Gasteiger partial charge on any atom is 0.307 e. The fraction of sp³-hybridized carbons (Fsp3) is 1.00. The summed E-state index contributed by atoms with van der Waals surface area (Å²) in [5.74, 6) is -1.09. The molecule has 0 spiro atoms. The Bertz CT molecular complexity index is 133. The molecule has 1 aliphatic rings. The fourth-order valence-corrected chi connectivity index (χ4v) is 0.906. The second-order valence-corrected chi connectivity index (χ2v) is 2.77. The zero-order valence-corrected chi connectivity index (χ0v) is 8.24. The molecule has 13 heavy (non-hydrogen) atoms. The van der Waals surface area contributed by atoms with Gasteiger partial charge in [-0.1, -0.05) is 0 Å². The number of epoxide rings is 1. The minimum absolute atomic E-state index is 0.232. The van der Waals surface area contributed by atoms with Crippen molar-refractivity contribution in [3.63, 3.8) is 0 Å². The van der Waals surface area contributed by atoms with E-state index in [9.17, 15) is 0 Å². The Kier molecular flexibility index (Phi) is 4.08. The fourth-order valence-electron chi connectivity index (χ4n) is 0.906. The number of ether oxygens (including phenoxy) is 5. The minimum Gasteiger partial charge on any atom is -0.371 e. The molecular formula is C8H16O5. The van der Waals surface area contributed by atoms with Crippen LogP contribution >= 0.6 is 0 Å². The summed E-state index contributed by atoms with van der Waals surface area (Å²) in [7, 11) is 4.51. The van der Waals surface area contributed by atoms with E-state index >= 15 is 0 Å². The Balaban J connectivity index is 2.19. The topological polar surface area (TPSA) is 49.5 Å². The van der Waals surface area contributed by atoms with E-state index in [0.717, 1.165) is 6.61 Å². The van der Waals surface area contributed by atoms with Gasteiger partial charge in [-0.05, 0) is 0 Å². The van der Waals surface area contributed by atoms with E-state index in [1.165, 1.54) is 21.3 Å². The van der Waals surface area contributed by atoms with E-state index in [2.05, 4.69) is 0 Å². The Morgan fingerprint density at radius 2 is 1.77 bits per heavy atom. The summed E-state index contributed by atoms with van der Waals surface area (Å²) >= 11 is 0. The van der Waals surface area contributed by atoms with Gasteiger partial charge >= 0.3 is 5.97 Å². The molecule has 5 heteroatoms. The van der Waals surface area contributed by atoms with Gasteiger partial charge in [0.1, 0.15) is 12.7 Å². The average Bonchev–Trinajstić information content (AvgIpc) is 2.97. The SMILES string of the molecule is COC(COCC1CO1)(OC)OC. The third-order valence-corrected chi connectivity index (χ3v) is 1.92. The molecule has 0 bridgehead atoms. The van der Waals surface area contributed by atoms with Crippen LogP contribution in [0.2, 0.25) is 0 Å². The first-order valence-corrected chi connectivity index (χ1v) is 4.11. The van der Waals surface area contributed by atoms with Crippen LogP contribution in [-0.2, 0) is 23.7 Å². The summed E-state index contributed by atoms with van der Waals surface area (Å²) in [6, 6.07) is 0. The molecule has 1 fully saturated rings. The zero-order chi connectivity index (χ0) is 9.73. The van der Waals surface area contributed by atoms with Gasteiger partial charge in [0.15, 0.2) is 0 Å². The van der Waals surface area contributed by atoms with Gasteiger partial charge in [0.05, 0.1) is 13.2 Å². The molecule has 0 aromatic heterocycles. The van der Waals surface area contributed by atoms with Crippen LogP contribution < -0.4 is 0 Å². The molecule has 1 heterocycles. The molecule has 0 saturated carbocycles. The van der Waals surface area contributed by atoms with Gasteiger partial charge < -0.3 is 23.7 Å². The predicted octanol–water partition coefficient (Wildman–Crippen LogP) is -0.00520. The molecule has 0 amide bonds. The smallest absolute Gasteiger partial charge is 0.307 e. The van der Waals surface area contributed by atoms with E-state index in [4.69, 9.17) is 23.7 Å². The molecule has 1 aliphatic heterocycles. The third kappa shape index (κ3) is 3.21. The lowest BCUT2D eigenvalue weighted by Crippen LogP contribution is -2.41. The van der Waals surface area contributed by atoms with Crippen molar-refractivity contribution in [1.82, 2.24) is 0 Å². The van der Waals surface area contributed by atoms with Crippen LogP contribution in [0.15, 0.2) is 0 Å². The number of hydrogen-bond acceptors (Lipinski definition) is 5. The molecule has 1 unspecified atom stereocenters. The summed E-state index contributed by atoms with van der Waals surface area (Å²) in [5.41, 5.74) is 0. The van der Waals surface area contributed by atoms with Gasteiger partial charge in [-0.25, -0.2) is 0 Å². The summed E-state index contributed by atoms with van der Waals surface area (Å²) < 4.78 is 25.4. The van der Waals surface area contributed by atoms with Gasteiger partial charge in [-0.2, -0.15) is 0 Å². The quantitative estimate of drug-likeness (QED) is 0.419. The largest absolute Gasteiger partial charge is 0.371 e. The van der Waals surface area contributed by atoms with Crippen LogP contribution in [0.3, 0.4) is 0 Å². The first-order valence-electron chi connectivity index (χ1n) is 4.11. The van der Waals surface area contributed by atoms with Crippen LogP contribution in [0, 0.1) is 0 Å². The number of hydrogen-bond donors (Lipinski definition) is 0. The minimum atomic E-state index is -1.09. The summed E-state index contributed by atoms with van der Waals surface area (Å²) in [4.78, 5) is 0. The number of rotatable bonds is 7. The first kappa shape index (κ1) is 10.9. The van der Waals surface area contributed by atoms with E-state index in [-0.39, 0.29) is 12.7 Å². The van der Waals surface area contributed by atoms with Crippen molar-refractivity contribution < 1.29 is 23.7 Å². The lowest BCUT2D eigenvalue weighted by molar-refractivity contribution is -0.368. The average molecular weight is 192 g/mol. The number of methoxy groups -OCH3 is 3. The molecule has 0 aromatic rings. The summed E-state index contributed by atoms with van der Waals surface area (Å²) in [6.07, 6.45) is 0.239. The highest BCUT2D eigenvalue weighted by molar-refractivity contribution is 4.67. The molecular weight excluding hydrogens is 176 g/mol. The standard InChI is InChI=1S/C8H16O5/c1-9-8(10-2,11-3)6-12-4-7-5-13-7/h7H,4-6H2,1-3H3. The van der Waals surface area contributed by atoms with Gasteiger partial charge in [0.25, 0.3) is 0 Å². The molecule has 0 aromatic carbocycles. The second-order valence-electron chi connectivity index (χ2n) is 2.77. The Morgan fingerprint density at radius 1 is 1.23 bits per heavy atom. The van der Waals surface area contributed by atoms with Crippen molar-refractivity contribution >= 4 is 0 Å². The second kappa shape index (κ2) is 4.88. The molecule has 1 saturated heterocycles. The van der Waals surface area contributed by atoms with Crippen molar-refractivity contribution in [2.75, 3.05) is 41.2 Å². The predicted molar refractivity (Wildman–Crippen MR) is 44.3 cm³/mol.